The predicted octanol–water partition coefficient (Wildman–Crippen LogP) is 5.49. The van der Waals surface area contributed by atoms with Crippen LogP contribution in [0.2, 0.25) is 10.0 Å². The Kier molecular flexibility index (Phi) is 6.80. The minimum absolute atomic E-state index is 0.0202. The zero-order valence-corrected chi connectivity index (χ0v) is 18.4. The lowest BCUT2D eigenvalue weighted by Gasteiger charge is -2.20. The van der Waals surface area contributed by atoms with E-state index in [0.29, 0.717) is 5.56 Å². The summed E-state index contributed by atoms with van der Waals surface area (Å²) in [5, 5.41) is 5.73. The SMILES string of the molecule is CC(C)c1cc(Oc2c(Cl)cc(NC(=O)OC(C)(C)C)c(F)c2Cl)nn(C)c1=O. The van der Waals surface area contributed by atoms with Gasteiger partial charge in [-0.05, 0) is 32.8 Å². The van der Waals surface area contributed by atoms with Gasteiger partial charge in [0.15, 0.2) is 11.6 Å². The summed E-state index contributed by atoms with van der Waals surface area (Å²) in [4.78, 5) is 24.0. The van der Waals surface area contributed by atoms with Gasteiger partial charge in [0.05, 0.1) is 10.7 Å². The molecule has 0 fully saturated rings. The Morgan fingerprint density at radius 2 is 1.90 bits per heavy atom. The van der Waals surface area contributed by atoms with Crippen molar-refractivity contribution in [1.29, 1.82) is 0 Å². The second-order valence-corrected chi connectivity index (χ2v) is 8.40. The number of hydrogen-bond donors (Lipinski definition) is 1. The first-order chi connectivity index (χ1) is 13.3. The Balaban J connectivity index is 2.38. The molecule has 0 radical (unpaired) electrons. The maximum absolute atomic E-state index is 14.7. The summed E-state index contributed by atoms with van der Waals surface area (Å²) < 4.78 is 26.4. The minimum atomic E-state index is -0.953. The van der Waals surface area contributed by atoms with E-state index in [2.05, 4.69) is 10.4 Å². The lowest BCUT2D eigenvalue weighted by Crippen LogP contribution is -2.27. The number of carbonyl (C=O) groups is 1. The van der Waals surface area contributed by atoms with Gasteiger partial charge in [0.2, 0.25) is 5.88 Å². The number of rotatable bonds is 4. The standard InChI is InChI=1S/C19H22Cl2FN3O4/c1-9(2)10-7-13(24-25(6)17(10)26)28-16-11(20)8-12(15(22)14(16)21)23-18(27)29-19(3,4)5/h7-9H,1-6H3,(H,23,27). The van der Waals surface area contributed by atoms with Crippen LogP contribution in [0, 0.1) is 5.82 Å². The van der Waals surface area contributed by atoms with E-state index in [0.717, 1.165) is 10.7 Å². The maximum atomic E-state index is 14.7. The van der Waals surface area contributed by atoms with Crippen LogP contribution in [0.25, 0.3) is 0 Å². The fourth-order valence-corrected chi connectivity index (χ4v) is 2.88. The van der Waals surface area contributed by atoms with Crippen LogP contribution in [0.1, 0.15) is 46.1 Å². The third kappa shape index (κ3) is 5.61. The Morgan fingerprint density at radius 3 is 2.45 bits per heavy atom. The molecule has 158 valence electrons. The lowest BCUT2D eigenvalue weighted by molar-refractivity contribution is 0.0635. The van der Waals surface area contributed by atoms with Crippen LogP contribution < -0.4 is 15.6 Å². The predicted molar refractivity (Wildman–Crippen MR) is 110 cm³/mol. The van der Waals surface area contributed by atoms with Gasteiger partial charge in [0, 0.05) is 18.7 Å². The van der Waals surface area contributed by atoms with Crippen LogP contribution in [0.4, 0.5) is 14.9 Å². The van der Waals surface area contributed by atoms with Crippen LogP contribution in [-0.2, 0) is 11.8 Å². The first-order valence-corrected chi connectivity index (χ1v) is 9.49. The molecule has 0 saturated carbocycles. The summed E-state index contributed by atoms with van der Waals surface area (Å²) in [5.41, 5.74) is -0.834. The normalized spacial score (nSPS) is 11.5. The highest BCUT2D eigenvalue weighted by atomic mass is 35.5. The van der Waals surface area contributed by atoms with E-state index in [-0.39, 0.29) is 33.8 Å². The Morgan fingerprint density at radius 1 is 1.28 bits per heavy atom. The third-order valence-corrected chi connectivity index (χ3v) is 4.27. The van der Waals surface area contributed by atoms with Crippen molar-refractivity contribution >= 4 is 35.0 Å². The van der Waals surface area contributed by atoms with Gasteiger partial charge in [0.25, 0.3) is 5.56 Å². The molecule has 1 heterocycles. The maximum Gasteiger partial charge on any atom is 0.412 e. The summed E-state index contributed by atoms with van der Waals surface area (Å²) in [6, 6.07) is 2.60. The number of nitrogens with zero attached hydrogens (tertiary/aromatic N) is 2. The topological polar surface area (TPSA) is 82.4 Å². The van der Waals surface area contributed by atoms with Crippen LogP contribution in [0.5, 0.6) is 11.6 Å². The van der Waals surface area contributed by atoms with Crippen molar-refractivity contribution in [1.82, 2.24) is 9.78 Å². The number of aromatic nitrogens is 2. The van der Waals surface area contributed by atoms with Gasteiger partial charge in [-0.15, -0.1) is 5.10 Å². The van der Waals surface area contributed by atoms with Gasteiger partial charge in [-0.2, -0.15) is 0 Å². The number of aryl methyl sites for hydroxylation is 1. The van der Waals surface area contributed by atoms with Gasteiger partial charge in [-0.1, -0.05) is 37.0 Å². The summed E-state index contributed by atoms with van der Waals surface area (Å²) in [6.45, 7) is 8.71. The molecule has 1 amide bonds. The quantitative estimate of drug-likeness (QED) is 0.629. The molecule has 29 heavy (non-hydrogen) atoms. The average molecular weight is 446 g/mol. The molecule has 0 aliphatic heterocycles. The molecule has 2 rings (SSSR count). The molecule has 0 aliphatic rings. The number of carbonyl (C=O) groups excluding carboxylic acids is 1. The molecule has 0 saturated heterocycles. The van der Waals surface area contributed by atoms with Crippen molar-refractivity contribution in [2.75, 3.05) is 5.32 Å². The Labute approximate surface area is 177 Å². The van der Waals surface area contributed by atoms with E-state index >= 15 is 0 Å². The fraction of sp³-hybridized carbons (Fsp3) is 0.421. The van der Waals surface area contributed by atoms with Gasteiger partial charge >= 0.3 is 6.09 Å². The van der Waals surface area contributed by atoms with E-state index in [4.69, 9.17) is 32.7 Å². The highest BCUT2D eigenvalue weighted by Crippen LogP contribution is 2.41. The van der Waals surface area contributed by atoms with Crippen LogP contribution in [0.3, 0.4) is 0 Å². The average Bonchev–Trinajstić information content (AvgIpc) is 2.57. The number of benzene rings is 1. The second-order valence-electron chi connectivity index (χ2n) is 7.61. The van der Waals surface area contributed by atoms with Crippen LogP contribution >= 0.6 is 23.2 Å². The van der Waals surface area contributed by atoms with E-state index in [1.165, 1.54) is 13.1 Å². The van der Waals surface area contributed by atoms with Gasteiger partial charge in [-0.3, -0.25) is 10.1 Å². The van der Waals surface area contributed by atoms with E-state index in [9.17, 15) is 14.0 Å². The monoisotopic (exact) mass is 445 g/mol. The van der Waals surface area contributed by atoms with Gasteiger partial charge in [0.1, 0.15) is 10.6 Å². The zero-order valence-electron chi connectivity index (χ0n) is 16.9. The molecule has 0 bridgehead atoms. The fourth-order valence-electron chi connectivity index (χ4n) is 2.35. The number of amides is 1. The number of hydrogen-bond acceptors (Lipinski definition) is 5. The molecule has 0 unspecified atom stereocenters. The molecule has 1 N–H and O–H groups in total. The van der Waals surface area contributed by atoms with E-state index < -0.39 is 22.5 Å². The summed E-state index contributed by atoms with van der Waals surface area (Å²) in [7, 11) is 1.47. The van der Waals surface area contributed by atoms with E-state index in [1.54, 1.807) is 20.8 Å². The molecule has 0 aliphatic carbocycles. The van der Waals surface area contributed by atoms with Crippen LogP contribution in [-0.4, -0.2) is 21.5 Å². The molecule has 10 heteroatoms. The highest BCUT2D eigenvalue weighted by molar-refractivity contribution is 6.37. The first kappa shape index (κ1) is 23.0. The van der Waals surface area contributed by atoms with Gasteiger partial charge in [-0.25, -0.2) is 13.9 Å². The summed E-state index contributed by atoms with van der Waals surface area (Å²) >= 11 is 12.3. The molecular weight excluding hydrogens is 424 g/mol. The second kappa shape index (κ2) is 8.59. The zero-order chi connectivity index (χ0) is 22.1. The van der Waals surface area contributed by atoms with Crippen molar-refractivity contribution < 1.29 is 18.7 Å². The summed E-state index contributed by atoms with van der Waals surface area (Å²) in [6.07, 6.45) is -0.862. The van der Waals surface area contributed by atoms with Crippen molar-refractivity contribution in [3.8, 4) is 11.6 Å². The number of nitrogens with one attached hydrogen (secondary N) is 1. The third-order valence-electron chi connectivity index (χ3n) is 3.65. The molecule has 0 spiro atoms. The molecule has 0 atom stereocenters. The Hall–Kier alpha value is -2.32. The van der Waals surface area contributed by atoms with Gasteiger partial charge < -0.3 is 9.47 Å². The largest absolute Gasteiger partial charge is 0.444 e. The number of halogens is 3. The van der Waals surface area contributed by atoms with Crippen LogP contribution in [0.15, 0.2) is 16.9 Å². The van der Waals surface area contributed by atoms with Crippen molar-refractivity contribution in [3.63, 3.8) is 0 Å². The van der Waals surface area contributed by atoms with E-state index in [1.807, 2.05) is 13.8 Å². The molecule has 2 aromatic rings. The molecular formula is C19H22Cl2FN3O4. The number of anilines is 1. The Bertz CT molecular complexity index is 1000. The molecule has 1 aromatic heterocycles. The molecule has 7 nitrogen and oxygen atoms in total. The van der Waals surface area contributed by atoms with Crippen molar-refractivity contribution in [2.24, 2.45) is 7.05 Å². The highest BCUT2D eigenvalue weighted by Gasteiger charge is 2.23. The molecule has 1 aromatic carbocycles. The number of ether oxygens (including phenoxy) is 2. The van der Waals surface area contributed by atoms with Crippen molar-refractivity contribution in [3.05, 3.63) is 43.9 Å². The minimum Gasteiger partial charge on any atom is -0.444 e. The smallest absolute Gasteiger partial charge is 0.412 e. The first-order valence-electron chi connectivity index (χ1n) is 8.73. The lowest BCUT2D eigenvalue weighted by atomic mass is 10.1. The van der Waals surface area contributed by atoms with Crippen molar-refractivity contribution in [2.45, 2.75) is 46.1 Å². The summed E-state index contributed by atoms with van der Waals surface area (Å²) in [5.74, 6) is -1.21.